The molecule has 9 nitrogen and oxygen atoms in total. The maximum Gasteiger partial charge on any atom is 0.296 e. The molecule has 0 amide bonds. The van der Waals surface area contributed by atoms with Gasteiger partial charge in [0.15, 0.2) is 11.5 Å². The predicted molar refractivity (Wildman–Crippen MR) is 147 cm³/mol. The van der Waals surface area contributed by atoms with Crippen LogP contribution in [0.5, 0.6) is 0 Å². The molecule has 12 heteroatoms. The van der Waals surface area contributed by atoms with Crippen LogP contribution in [-0.4, -0.2) is 92.0 Å². The van der Waals surface area contributed by atoms with Crippen LogP contribution in [-0.2, 0) is 11.3 Å². The van der Waals surface area contributed by atoms with Crippen LogP contribution in [0.3, 0.4) is 0 Å². The number of nitrogens with zero attached hydrogens (tertiary/aromatic N) is 8. The molecule has 2 aliphatic heterocycles. The molecular weight excluding hydrogens is 526 g/mol. The van der Waals surface area contributed by atoms with E-state index in [1.165, 1.54) is 4.57 Å². The van der Waals surface area contributed by atoms with Gasteiger partial charge < -0.3 is 9.64 Å². The number of rotatable bonds is 5. The number of anilines is 1. The summed E-state index contributed by atoms with van der Waals surface area (Å²) in [5, 5.41) is 5.34. The molecule has 39 heavy (non-hydrogen) atoms. The highest BCUT2D eigenvalue weighted by Gasteiger charge is 2.29. The number of halogens is 3. The Labute approximate surface area is 230 Å². The molecule has 0 saturated carbocycles. The zero-order chi connectivity index (χ0) is 27.3. The Morgan fingerprint density at radius 2 is 1.72 bits per heavy atom. The van der Waals surface area contributed by atoms with E-state index in [4.69, 9.17) is 26.4 Å². The summed E-state index contributed by atoms with van der Waals surface area (Å²) in [6.07, 6.45) is -2.77. The van der Waals surface area contributed by atoms with E-state index in [1.54, 1.807) is 34.8 Å². The van der Waals surface area contributed by atoms with Crippen LogP contribution in [0.1, 0.15) is 38.7 Å². The summed E-state index contributed by atoms with van der Waals surface area (Å²) in [4.78, 5) is 16.0. The Hall–Kier alpha value is -2.86. The minimum absolute atomic E-state index is 0.134. The van der Waals surface area contributed by atoms with Gasteiger partial charge in [0.25, 0.3) is 6.43 Å². The fourth-order valence-corrected chi connectivity index (χ4v) is 5.68. The summed E-state index contributed by atoms with van der Waals surface area (Å²) in [6, 6.07) is 8.89. The van der Waals surface area contributed by atoms with E-state index in [9.17, 15) is 8.78 Å². The number of ether oxygens (including phenoxy) is 1. The quantitative estimate of drug-likeness (QED) is 0.359. The number of hydrogen-bond acceptors (Lipinski definition) is 7. The number of alkyl halides is 2. The molecule has 2 aliphatic rings. The molecule has 2 fully saturated rings. The summed E-state index contributed by atoms with van der Waals surface area (Å²) in [5.41, 5.74) is 2.35. The molecule has 0 bridgehead atoms. The second-order valence-electron chi connectivity index (χ2n) is 11.1. The molecule has 4 aromatic rings. The first-order chi connectivity index (χ1) is 18.7. The van der Waals surface area contributed by atoms with Gasteiger partial charge in [-0.3, -0.25) is 14.4 Å². The number of aromatic nitrogens is 5. The third-order valence-electron chi connectivity index (χ3n) is 7.61. The van der Waals surface area contributed by atoms with Crippen molar-refractivity contribution in [2.75, 3.05) is 57.4 Å². The Morgan fingerprint density at radius 1 is 1.00 bits per heavy atom. The van der Waals surface area contributed by atoms with Crippen molar-refractivity contribution in [3.63, 3.8) is 0 Å². The second-order valence-corrected chi connectivity index (χ2v) is 11.5. The van der Waals surface area contributed by atoms with Crippen LogP contribution in [0.2, 0.25) is 5.02 Å². The van der Waals surface area contributed by atoms with Gasteiger partial charge in [-0.25, -0.2) is 18.7 Å². The number of imidazole rings is 1. The molecule has 3 aromatic heterocycles. The molecule has 5 heterocycles. The van der Waals surface area contributed by atoms with E-state index in [0.717, 1.165) is 37.7 Å². The summed E-state index contributed by atoms with van der Waals surface area (Å²) >= 11 is 6.94. The molecule has 1 aromatic carbocycles. The minimum atomic E-state index is -2.77. The van der Waals surface area contributed by atoms with Crippen molar-refractivity contribution in [1.82, 2.24) is 33.9 Å². The highest BCUT2D eigenvalue weighted by Crippen LogP contribution is 2.32. The van der Waals surface area contributed by atoms with Crippen LogP contribution in [0, 0.1) is 0 Å². The Bertz CT molecular complexity index is 1480. The van der Waals surface area contributed by atoms with Crippen molar-refractivity contribution in [3.8, 4) is 5.82 Å². The lowest BCUT2D eigenvalue weighted by Gasteiger charge is -2.42. The average molecular weight is 559 g/mol. The molecular formula is C27H33ClF2N8O. The van der Waals surface area contributed by atoms with Gasteiger partial charge in [-0.05, 0) is 32.9 Å². The summed E-state index contributed by atoms with van der Waals surface area (Å²) in [5.74, 6) is 0.718. The first kappa shape index (κ1) is 26.4. The SMILES string of the molecule is CC(C)(C)N1CCN(Cc2nn3c(N4CCOCC4)cc(-n4c(C(F)F)nc5ccccc54)nc3c2Cl)CC1. The number of para-hydroxylation sites is 2. The number of benzene rings is 1. The lowest BCUT2D eigenvalue weighted by Crippen LogP contribution is -2.53. The predicted octanol–water partition coefficient (Wildman–Crippen LogP) is 4.41. The maximum absolute atomic E-state index is 14.2. The third kappa shape index (κ3) is 4.97. The molecule has 0 N–H and O–H groups in total. The molecule has 6 rings (SSSR count). The molecule has 0 unspecified atom stereocenters. The van der Waals surface area contributed by atoms with Crippen molar-refractivity contribution >= 4 is 34.1 Å². The van der Waals surface area contributed by atoms with Gasteiger partial charge in [-0.15, -0.1) is 0 Å². The molecule has 0 atom stereocenters. The average Bonchev–Trinajstić information content (AvgIpc) is 3.47. The van der Waals surface area contributed by atoms with Crippen LogP contribution < -0.4 is 4.90 Å². The van der Waals surface area contributed by atoms with E-state index in [0.29, 0.717) is 60.4 Å². The van der Waals surface area contributed by atoms with Crippen LogP contribution in [0.15, 0.2) is 30.3 Å². The summed E-state index contributed by atoms with van der Waals surface area (Å²) in [6.45, 7) is 13.5. The van der Waals surface area contributed by atoms with E-state index in [2.05, 4.69) is 40.5 Å². The van der Waals surface area contributed by atoms with Gasteiger partial charge in [0.1, 0.15) is 16.7 Å². The molecule has 0 spiro atoms. The number of fused-ring (bicyclic) bond motifs is 2. The molecule has 2 saturated heterocycles. The van der Waals surface area contributed by atoms with Gasteiger partial charge in [0, 0.05) is 57.4 Å². The number of piperazine rings is 1. The third-order valence-corrected chi connectivity index (χ3v) is 7.99. The van der Waals surface area contributed by atoms with Crippen molar-refractivity contribution in [2.24, 2.45) is 0 Å². The van der Waals surface area contributed by atoms with Crippen molar-refractivity contribution in [2.45, 2.75) is 39.3 Å². The number of hydrogen-bond donors (Lipinski definition) is 0. The standard InChI is InChI=1S/C27H33ClF2N8O/c1-27(2,3)36-10-8-34(9-11-36)17-19-23(28)25-32-21(16-22(38(25)33-19)35-12-14-39-15-13-35)37-20-7-5-4-6-18(20)31-26(37)24(29)30/h4-7,16,24H,8-15,17H2,1-3H3. The van der Waals surface area contributed by atoms with Crippen molar-refractivity contribution in [3.05, 3.63) is 46.9 Å². The monoisotopic (exact) mass is 558 g/mol. The molecule has 0 radical (unpaired) electrons. The topological polar surface area (TPSA) is 67.0 Å². The van der Waals surface area contributed by atoms with Crippen LogP contribution in [0.25, 0.3) is 22.5 Å². The number of morpholine rings is 1. The maximum atomic E-state index is 14.2. The second kappa shape index (κ2) is 10.3. The van der Waals surface area contributed by atoms with Gasteiger partial charge in [-0.2, -0.15) is 9.61 Å². The Kier molecular flexibility index (Phi) is 6.95. The highest BCUT2D eigenvalue weighted by molar-refractivity contribution is 6.34. The Balaban J connectivity index is 1.43. The highest BCUT2D eigenvalue weighted by atomic mass is 35.5. The first-order valence-corrected chi connectivity index (χ1v) is 13.7. The smallest absolute Gasteiger partial charge is 0.296 e. The van der Waals surface area contributed by atoms with E-state index in [1.807, 2.05) is 0 Å². The van der Waals surface area contributed by atoms with Crippen molar-refractivity contribution < 1.29 is 13.5 Å². The fourth-order valence-electron chi connectivity index (χ4n) is 5.46. The molecule has 0 aliphatic carbocycles. The van der Waals surface area contributed by atoms with E-state index in [-0.39, 0.29) is 11.4 Å². The van der Waals surface area contributed by atoms with Gasteiger partial charge in [-0.1, -0.05) is 23.7 Å². The lowest BCUT2D eigenvalue weighted by atomic mass is 10.0. The Morgan fingerprint density at radius 3 is 2.41 bits per heavy atom. The van der Waals surface area contributed by atoms with Crippen molar-refractivity contribution in [1.29, 1.82) is 0 Å². The normalized spacial score (nSPS) is 18.2. The van der Waals surface area contributed by atoms with Crippen LogP contribution in [0.4, 0.5) is 14.6 Å². The van der Waals surface area contributed by atoms with Crippen LogP contribution >= 0.6 is 11.6 Å². The van der Waals surface area contributed by atoms with E-state index >= 15 is 0 Å². The molecule has 208 valence electrons. The zero-order valence-corrected chi connectivity index (χ0v) is 23.2. The fraction of sp³-hybridized carbons (Fsp3) is 0.519. The summed E-state index contributed by atoms with van der Waals surface area (Å²) < 4.78 is 37.1. The minimum Gasteiger partial charge on any atom is -0.378 e. The van der Waals surface area contributed by atoms with Gasteiger partial charge >= 0.3 is 0 Å². The van der Waals surface area contributed by atoms with E-state index < -0.39 is 6.43 Å². The lowest BCUT2D eigenvalue weighted by molar-refractivity contribution is 0.0585. The first-order valence-electron chi connectivity index (χ1n) is 13.3. The van der Waals surface area contributed by atoms with Gasteiger partial charge in [0.2, 0.25) is 0 Å². The summed E-state index contributed by atoms with van der Waals surface area (Å²) in [7, 11) is 0. The van der Waals surface area contributed by atoms with Gasteiger partial charge in [0.05, 0.1) is 29.9 Å². The largest absolute Gasteiger partial charge is 0.378 e. The zero-order valence-electron chi connectivity index (χ0n) is 22.4.